The molecule has 0 bridgehead atoms. The van der Waals surface area contributed by atoms with Crippen LogP contribution in [0.1, 0.15) is 15.5 Å². The van der Waals surface area contributed by atoms with Crippen molar-refractivity contribution in [3.05, 3.63) is 46.7 Å². The van der Waals surface area contributed by atoms with Crippen LogP contribution in [-0.2, 0) is 6.54 Å². The molecule has 7 heteroatoms. The first-order valence-electron chi connectivity index (χ1n) is 5.29. The molecule has 0 aliphatic heterocycles. The van der Waals surface area contributed by atoms with Gasteiger partial charge in [-0.3, -0.25) is 4.79 Å². The van der Waals surface area contributed by atoms with E-state index in [1.54, 1.807) is 17.5 Å². The molecule has 0 unspecified atom stereocenters. The van der Waals surface area contributed by atoms with E-state index in [-0.39, 0.29) is 11.6 Å². The van der Waals surface area contributed by atoms with Crippen molar-refractivity contribution in [2.24, 2.45) is 0 Å². The molecule has 0 spiro atoms. The highest BCUT2D eigenvalue weighted by atomic mass is 32.1. The molecule has 0 fully saturated rings. The third-order valence-electron chi connectivity index (χ3n) is 2.25. The molecular formula is C12H9F3N2OS. The van der Waals surface area contributed by atoms with Crippen LogP contribution in [0, 0.1) is 0 Å². The van der Waals surface area contributed by atoms with Gasteiger partial charge < -0.3 is 4.57 Å². The quantitative estimate of drug-likeness (QED) is 0.637. The van der Waals surface area contributed by atoms with Crippen LogP contribution in [0.2, 0.25) is 0 Å². The number of allylic oxidation sites excluding steroid dienone is 1. The zero-order valence-electron chi connectivity index (χ0n) is 9.59. The van der Waals surface area contributed by atoms with Gasteiger partial charge in [-0.1, -0.05) is 6.07 Å². The summed E-state index contributed by atoms with van der Waals surface area (Å²) in [4.78, 5) is 16.0. The highest BCUT2D eigenvalue weighted by Crippen LogP contribution is 2.19. The molecule has 3 nitrogen and oxygen atoms in total. The van der Waals surface area contributed by atoms with Crippen LogP contribution in [0.4, 0.5) is 13.2 Å². The lowest BCUT2D eigenvalue weighted by Gasteiger charge is -2.08. The van der Waals surface area contributed by atoms with Gasteiger partial charge in [-0.25, -0.2) is 4.98 Å². The summed E-state index contributed by atoms with van der Waals surface area (Å²) in [5, 5.41) is 1.76. The van der Waals surface area contributed by atoms with Crippen LogP contribution in [0.15, 0.2) is 36.0 Å². The van der Waals surface area contributed by atoms with Gasteiger partial charge in [-0.05, 0) is 23.6 Å². The maximum Gasteiger partial charge on any atom is 0.406 e. The van der Waals surface area contributed by atoms with E-state index in [9.17, 15) is 18.0 Å². The predicted octanol–water partition coefficient (Wildman–Crippen LogP) is 3.40. The fourth-order valence-electron chi connectivity index (χ4n) is 1.46. The Bertz CT molecular complexity index is 584. The fraction of sp³-hybridized carbons (Fsp3) is 0.167. The Hall–Kier alpha value is -1.89. The average Bonchev–Trinajstić information content (AvgIpc) is 2.94. The number of thiophene rings is 1. The molecule has 2 rings (SSSR count). The topological polar surface area (TPSA) is 34.9 Å². The van der Waals surface area contributed by atoms with Gasteiger partial charge >= 0.3 is 6.18 Å². The van der Waals surface area contributed by atoms with Crippen molar-refractivity contribution in [2.75, 3.05) is 0 Å². The summed E-state index contributed by atoms with van der Waals surface area (Å²) in [5.41, 5.74) is 0. The molecule has 0 radical (unpaired) electrons. The monoisotopic (exact) mass is 286 g/mol. The van der Waals surface area contributed by atoms with Crippen LogP contribution in [0.25, 0.3) is 6.08 Å². The molecule has 0 atom stereocenters. The van der Waals surface area contributed by atoms with E-state index < -0.39 is 12.7 Å². The summed E-state index contributed by atoms with van der Waals surface area (Å²) < 4.78 is 37.8. The number of carbonyl (C=O) groups is 1. The number of aromatic nitrogens is 2. The number of alkyl halides is 3. The van der Waals surface area contributed by atoms with E-state index in [1.165, 1.54) is 35.9 Å². The first kappa shape index (κ1) is 13.5. The van der Waals surface area contributed by atoms with E-state index in [0.717, 1.165) is 4.57 Å². The zero-order valence-corrected chi connectivity index (χ0v) is 10.4. The van der Waals surface area contributed by atoms with Crippen molar-refractivity contribution in [1.29, 1.82) is 0 Å². The number of rotatable bonds is 4. The molecule has 100 valence electrons. The standard InChI is InChI=1S/C12H9F3N2OS/c13-12(14,15)8-17-6-5-16-11(17)4-3-9(18)10-2-1-7-19-10/h1-7H,8H2/b4-3-. The zero-order chi connectivity index (χ0) is 13.9. The van der Waals surface area contributed by atoms with Crippen molar-refractivity contribution in [1.82, 2.24) is 9.55 Å². The second-order valence-electron chi connectivity index (χ2n) is 3.70. The molecule has 0 saturated heterocycles. The van der Waals surface area contributed by atoms with Crippen molar-refractivity contribution in [3.63, 3.8) is 0 Å². The van der Waals surface area contributed by atoms with Gasteiger partial charge in [0.05, 0.1) is 4.88 Å². The highest BCUT2D eigenvalue weighted by molar-refractivity contribution is 7.12. The summed E-state index contributed by atoms with van der Waals surface area (Å²) in [6.45, 7) is -1.13. The molecule has 0 aliphatic rings. The summed E-state index contributed by atoms with van der Waals surface area (Å²) in [6.07, 6.45) is 0.680. The minimum atomic E-state index is -4.32. The Morgan fingerprint density at radius 2 is 2.26 bits per heavy atom. The van der Waals surface area contributed by atoms with Gasteiger partial charge in [0.25, 0.3) is 0 Å². The van der Waals surface area contributed by atoms with E-state index in [2.05, 4.69) is 4.98 Å². The van der Waals surface area contributed by atoms with Gasteiger partial charge in [-0.15, -0.1) is 11.3 Å². The van der Waals surface area contributed by atoms with Gasteiger partial charge in [0.2, 0.25) is 0 Å². The van der Waals surface area contributed by atoms with E-state index in [1.807, 2.05) is 0 Å². The first-order chi connectivity index (χ1) is 8.96. The lowest BCUT2D eigenvalue weighted by molar-refractivity contribution is -0.140. The first-order valence-corrected chi connectivity index (χ1v) is 6.17. The van der Waals surface area contributed by atoms with Crippen LogP contribution in [0.3, 0.4) is 0 Å². The van der Waals surface area contributed by atoms with Crippen LogP contribution < -0.4 is 0 Å². The largest absolute Gasteiger partial charge is 0.406 e. The van der Waals surface area contributed by atoms with Crippen molar-refractivity contribution >= 4 is 23.2 Å². The third-order valence-corrected chi connectivity index (χ3v) is 3.13. The van der Waals surface area contributed by atoms with Crippen molar-refractivity contribution in [3.8, 4) is 0 Å². The minimum Gasteiger partial charge on any atom is -0.322 e. The molecule has 2 aromatic rings. The molecule has 2 heterocycles. The van der Waals surface area contributed by atoms with E-state index in [4.69, 9.17) is 0 Å². The summed E-state index contributed by atoms with van der Waals surface area (Å²) in [6, 6.07) is 3.38. The number of halogens is 3. The second kappa shape index (κ2) is 5.40. The Labute approximate surface area is 111 Å². The maximum absolute atomic E-state index is 12.3. The second-order valence-corrected chi connectivity index (χ2v) is 4.65. The summed E-state index contributed by atoms with van der Waals surface area (Å²) >= 11 is 1.27. The maximum atomic E-state index is 12.3. The van der Waals surface area contributed by atoms with E-state index in [0.29, 0.717) is 4.88 Å². The lowest BCUT2D eigenvalue weighted by atomic mass is 10.3. The summed E-state index contributed by atoms with van der Waals surface area (Å²) in [5.74, 6) is -0.154. The SMILES string of the molecule is O=C(/C=C\c1nccn1CC(F)(F)F)c1cccs1. The Balaban J connectivity index is 2.11. The summed E-state index contributed by atoms with van der Waals surface area (Å²) in [7, 11) is 0. The van der Waals surface area contributed by atoms with Crippen molar-refractivity contribution in [2.45, 2.75) is 12.7 Å². The Morgan fingerprint density at radius 3 is 2.89 bits per heavy atom. The molecule has 2 aromatic heterocycles. The van der Waals surface area contributed by atoms with Crippen LogP contribution in [0.5, 0.6) is 0 Å². The van der Waals surface area contributed by atoms with Gasteiger partial charge in [0.15, 0.2) is 5.78 Å². The molecule has 0 amide bonds. The van der Waals surface area contributed by atoms with Crippen molar-refractivity contribution < 1.29 is 18.0 Å². The number of ketones is 1. The number of hydrogen-bond donors (Lipinski definition) is 0. The fourth-order valence-corrected chi connectivity index (χ4v) is 2.10. The van der Waals surface area contributed by atoms with Crippen LogP contribution >= 0.6 is 11.3 Å². The van der Waals surface area contributed by atoms with Gasteiger partial charge in [0, 0.05) is 12.4 Å². The smallest absolute Gasteiger partial charge is 0.322 e. The predicted molar refractivity (Wildman–Crippen MR) is 66.0 cm³/mol. The Kier molecular flexibility index (Phi) is 3.84. The molecule has 0 N–H and O–H groups in total. The molecular weight excluding hydrogens is 277 g/mol. The lowest BCUT2D eigenvalue weighted by Crippen LogP contribution is -2.18. The highest BCUT2D eigenvalue weighted by Gasteiger charge is 2.28. The normalized spacial score (nSPS) is 12.2. The van der Waals surface area contributed by atoms with E-state index >= 15 is 0 Å². The number of nitrogens with zero attached hydrogens (tertiary/aromatic N) is 2. The van der Waals surface area contributed by atoms with Crippen LogP contribution in [-0.4, -0.2) is 21.5 Å². The number of carbonyl (C=O) groups excluding carboxylic acids is 1. The van der Waals surface area contributed by atoms with Gasteiger partial charge in [-0.2, -0.15) is 13.2 Å². The molecule has 0 saturated carbocycles. The van der Waals surface area contributed by atoms with Gasteiger partial charge in [0.1, 0.15) is 12.4 Å². The molecule has 19 heavy (non-hydrogen) atoms. The minimum absolute atomic E-state index is 0.0993. The third kappa shape index (κ3) is 3.78. The number of hydrogen-bond acceptors (Lipinski definition) is 3. The molecule has 0 aromatic carbocycles. The Morgan fingerprint density at radius 1 is 1.47 bits per heavy atom. The molecule has 0 aliphatic carbocycles. The number of imidazole rings is 1. The average molecular weight is 286 g/mol.